The summed E-state index contributed by atoms with van der Waals surface area (Å²) in [6.45, 7) is 4.03. The minimum Gasteiger partial charge on any atom is -0.447 e. The van der Waals surface area contributed by atoms with E-state index in [1.807, 2.05) is 0 Å². The van der Waals surface area contributed by atoms with Gasteiger partial charge in [0, 0.05) is 18.8 Å². The van der Waals surface area contributed by atoms with Crippen LogP contribution in [0, 0.1) is 0 Å². The lowest BCUT2D eigenvalue weighted by Crippen LogP contribution is -2.25. The summed E-state index contributed by atoms with van der Waals surface area (Å²) in [6, 6.07) is 8.71. The Morgan fingerprint density at radius 3 is 3.16 bits per heavy atom. The van der Waals surface area contributed by atoms with E-state index >= 15 is 0 Å². The molecule has 0 aliphatic carbocycles. The molecule has 0 spiro atoms. The van der Waals surface area contributed by atoms with Crippen LogP contribution in [0.5, 0.6) is 0 Å². The van der Waals surface area contributed by atoms with Gasteiger partial charge in [-0.3, -0.25) is 0 Å². The topological polar surface area (TPSA) is 41.3 Å². The number of oxazole rings is 1. The summed E-state index contributed by atoms with van der Waals surface area (Å²) in [5, 5.41) is 3.38. The molecule has 1 aromatic carbocycles. The lowest BCUT2D eigenvalue weighted by atomic mass is 10.2. The summed E-state index contributed by atoms with van der Waals surface area (Å²) in [5.41, 5.74) is 2.90. The van der Waals surface area contributed by atoms with Crippen LogP contribution in [0.3, 0.4) is 0 Å². The molecule has 0 saturated heterocycles. The van der Waals surface area contributed by atoms with Gasteiger partial charge in [-0.05, 0) is 31.0 Å². The second-order valence-electron chi connectivity index (χ2n) is 4.86. The van der Waals surface area contributed by atoms with Crippen molar-refractivity contribution in [3.8, 4) is 0 Å². The molecule has 0 fully saturated rings. The SMILES string of the molecule is c1ccc2c(c1)CCN2CCCNCc1cnco1. The molecule has 19 heavy (non-hydrogen) atoms. The quantitative estimate of drug-likeness (QED) is 0.806. The van der Waals surface area contributed by atoms with Gasteiger partial charge >= 0.3 is 0 Å². The molecular weight excluding hydrogens is 238 g/mol. The van der Waals surface area contributed by atoms with E-state index in [-0.39, 0.29) is 0 Å². The number of para-hydroxylation sites is 1. The Kier molecular flexibility index (Phi) is 3.79. The van der Waals surface area contributed by atoms with E-state index in [0.29, 0.717) is 0 Å². The maximum absolute atomic E-state index is 5.18. The third-order valence-corrected chi connectivity index (χ3v) is 3.55. The largest absolute Gasteiger partial charge is 0.447 e. The van der Waals surface area contributed by atoms with E-state index in [0.717, 1.165) is 38.4 Å². The van der Waals surface area contributed by atoms with Gasteiger partial charge in [-0.1, -0.05) is 18.2 Å². The van der Waals surface area contributed by atoms with Crippen LogP contribution in [0.25, 0.3) is 0 Å². The fourth-order valence-corrected chi connectivity index (χ4v) is 2.57. The van der Waals surface area contributed by atoms with Crippen LogP contribution < -0.4 is 10.2 Å². The van der Waals surface area contributed by atoms with Crippen molar-refractivity contribution >= 4 is 5.69 Å². The number of nitrogens with zero attached hydrogens (tertiary/aromatic N) is 2. The molecule has 2 aromatic rings. The molecule has 4 nitrogen and oxygen atoms in total. The molecule has 1 aliphatic rings. The number of rotatable bonds is 6. The first kappa shape index (κ1) is 12.2. The lowest BCUT2D eigenvalue weighted by Gasteiger charge is -2.19. The summed E-state index contributed by atoms with van der Waals surface area (Å²) in [6.07, 6.45) is 5.55. The Balaban J connectivity index is 1.39. The van der Waals surface area contributed by atoms with Crippen molar-refractivity contribution < 1.29 is 4.42 Å². The van der Waals surface area contributed by atoms with Crippen LogP contribution in [0.2, 0.25) is 0 Å². The predicted octanol–water partition coefficient (Wildman–Crippen LogP) is 2.22. The van der Waals surface area contributed by atoms with Crippen molar-refractivity contribution in [1.29, 1.82) is 0 Å². The van der Waals surface area contributed by atoms with Crippen molar-refractivity contribution in [3.63, 3.8) is 0 Å². The fourth-order valence-electron chi connectivity index (χ4n) is 2.57. The van der Waals surface area contributed by atoms with Crippen LogP contribution in [-0.2, 0) is 13.0 Å². The van der Waals surface area contributed by atoms with Gasteiger partial charge in [0.05, 0.1) is 12.7 Å². The molecule has 1 aliphatic heterocycles. The van der Waals surface area contributed by atoms with Gasteiger partial charge in [0.1, 0.15) is 5.76 Å². The molecule has 0 atom stereocenters. The molecule has 1 aromatic heterocycles. The van der Waals surface area contributed by atoms with Crippen molar-refractivity contribution in [1.82, 2.24) is 10.3 Å². The zero-order valence-corrected chi connectivity index (χ0v) is 11.0. The third-order valence-electron chi connectivity index (χ3n) is 3.55. The molecule has 2 heterocycles. The highest BCUT2D eigenvalue weighted by molar-refractivity contribution is 5.57. The van der Waals surface area contributed by atoms with Crippen molar-refractivity contribution in [3.05, 3.63) is 48.2 Å². The number of aromatic nitrogens is 1. The summed E-state index contributed by atoms with van der Waals surface area (Å²) in [7, 11) is 0. The molecule has 100 valence electrons. The minimum atomic E-state index is 0.761. The molecule has 0 saturated carbocycles. The van der Waals surface area contributed by atoms with Gasteiger partial charge < -0.3 is 14.6 Å². The summed E-state index contributed by atoms with van der Waals surface area (Å²) < 4.78 is 5.18. The van der Waals surface area contributed by atoms with Gasteiger partial charge in [-0.2, -0.15) is 0 Å². The molecule has 4 heteroatoms. The smallest absolute Gasteiger partial charge is 0.180 e. The van der Waals surface area contributed by atoms with Gasteiger partial charge in [0.15, 0.2) is 6.39 Å². The van der Waals surface area contributed by atoms with Gasteiger partial charge in [-0.25, -0.2) is 4.98 Å². The first-order valence-electron chi connectivity index (χ1n) is 6.84. The second kappa shape index (κ2) is 5.89. The fraction of sp³-hybridized carbons (Fsp3) is 0.400. The van der Waals surface area contributed by atoms with Crippen LogP contribution >= 0.6 is 0 Å². The summed E-state index contributed by atoms with van der Waals surface area (Å²) >= 11 is 0. The highest BCUT2D eigenvalue weighted by Gasteiger charge is 2.17. The number of fused-ring (bicyclic) bond motifs is 1. The van der Waals surface area contributed by atoms with E-state index in [9.17, 15) is 0 Å². The van der Waals surface area contributed by atoms with Crippen LogP contribution in [0.15, 0.2) is 41.3 Å². The number of hydrogen-bond acceptors (Lipinski definition) is 4. The Hall–Kier alpha value is -1.81. The summed E-state index contributed by atoms with van der Waals surface area (Å²) in [5.74, 6) is 0.895. The lowest BCUT2D eigenvalue weighted by molar-refractivity contribution is 0.477. The second-order valence-corrected chi connectivity index (χ2v) is 4.86. The number of hydrogen-bond donors (Lipinski definition) is 1. The zero-order valence-electron chi connectivity index (χ0n) is 11.0. The molecule has 3 rings (SSSR count). The molecule has 0 radical (unpaired) electrons. The van der Waals surface area contributed by atoms with Gasteiger partial charge in [-0.15, -0.1) is 0 Å². The Morgan fingerprint density at radius 2 is 2.26 bits per heavy atom. The van der Waals surface area contributed by atoms with Gasteiger partial charge in [0.2, 0.25) is 0 Å². The van der Waals surface area contributed by atoms with E-state index in [4.69, 9.17) is 4.42 Å². The average Bonchev–Trinajstić information content (AvgIpc) is 3.08. The zero-order chi connectivity index (χ0) is 12.9. The Bertz CT molecular complexity index is 510. The monoisotopic (exact) mass is 257 g/mol. The van der Waals surface area contributed by atoms with Crippen molar-refractivity contribution in [2.75, 3.05) is 24.5 Å². The predicted molar refractivity (Wildman–Crippen MR) is 75.2 cm³/mol. The maximum atomic E-state index is 5.18. The highest BCUT2D eigenvalue weighted by Crippen LogP contribution is 2.27. The Morgan fingerprint density at radius 1 is 1.32 bits per heavy atom. The van der Waals surface area contributed by atoms with Crippen molar-refractivity contribution in [2.24, 2.45) is 0 Å². The third kappa shape index (κ3) is 2.96. The first-order chi connectivity index (χ1) is 9.43. The normalized spacial score (nSPS) is 13.8. The average molecular weight is 257 g/mol. The standard InChI is InChI=1S/C15H19N3O/c1-2-5-15-13(4-1)6-9-18(15)8-3-7-16-10-14-11-17-12-19-14/h1-2,4-5,11-12,16H,3,6-10H2. The van der Waals surface area contributed by atoms with Crippen LogP contribution in [-0.4, -0.2) is 24.6 Å². The number of nitrogens with one attached hydrogen (secondary N) is 1. The number of anilines is 1. The first-order valence-corrected chi connectivity index (χ1v) is 6.84. The molecule has 0 amide bonds. The molecule has 1 N–H and O–H groups in total. The highest BCUT2D eigenvalue weighted by atomic mass is 16.3. The van der Waals surface area contributed by atoms with Crippen LogP contribution in [0.4, 0.5) is 5.69 Å². The van der Waals surface area contributed by atoms with Crippen molar-refractivity contribution in [2.45, 2.75) is 19.4 Å². The van der Waals surface area contributed by atoms with E-state index in [2.05, 4.69) is 39.5 Å². The molecule has 0 bridgehead atoms. The minimum absolute atomic E-state index is 0.761. The molecule has 0 unspecified atom stereocenters. The summed E-state index contributed by atoms with van der Waals surface area (Å²) in [4.78, 5) is 6.37. The van der Waals surface area contributed by atoms with Gasteiger partial charge in [0.25, 0.3) is 0 Å². The Labute approximate surface area is 113 Å². The van der Waals surface area contributed by atoms with E-state index < -0.39 is 0 Å². The van der Waals surface area contributed by atoms with Crippen LogP contribution in [0.1, 0.15) is 17.7 Å². The van der Waals surface area contributed by atoms with E-state index in [1.54, 1.807) is 6.20 Å². The maximum Gasteiger partial charge on any atom is 0.180 e. The van der Waals surface area contributed by atoms with E-state index in [1.165, 1.54) is 24.1 Å². The number of benzene rings is 1. The molecular formula is C15H19N3O.